The first-order chi connectivity index (χ1) is 18.1. The lowest BCUT2D eigenvalue weighted by atomic mass is 10.0. The zero-order valence-corrected chi connectivity index (χ0v) is 22.2. The number of carboxylic acids is 1. The van der Waals surface area contributed by atoms with Gasteiger partial charge in [0.05, 0.1) is 0 Å². The van der Waals surface area contributed by atoms with E-state index in [9.17, 15) is 29.1 Å². The Balaban J connectivity index is 1.61. The lowest BCUT2D eigenvalue weighted by molar-refractivity contribution is -0.150. The fraction of sp³-hybridized carbons (Fsp3) is 0.300. The van der Waals surface area contributed by atoms with Gasteiger partial charge in [-0.2, -0.15) is 5.10 Å². The molecular weight excluding hydrogens is 560 g/mol. The molecule has 1 fully saturated rings. The van der Waals surface area contributed by atoms with Gasteiger partial charge in [-0.3, -0.25) is 28.6 Å². The van der Waals surface area contributed by atoms with Crippen LogP contribution in [-0.2, 0) is 25.8 Å². The molecule has 0 saturated carbocycles. The van der Waals surface area contributed by atoms with E-state index < -0.39 is 40.3 Å². The van der Waals surface area contributed by atoms with Gasteiger partial charge in [-0.05, 0) is 18.6 Å². The highest BCUT2D eigenvalue weighted by Crippen LogP contribution is 2.41. The van der Waals surface area contributed by atoms with Gasteiger partial charge in [-0.1, -0.05) is 5.16 Å². The smallest absolute Gasteiger partial charge is 0.352 e. The first-order valence-electron chi connectivity index (χ1n) is 10.7. The average molecular weight is 581 g/mol. The van der Waals surface area contributed by atoms with Crippen molar-refractivity contribution < 1.29 is 24.3 Å². The van der Waals surface area contributed by atoms with Crippen LogP contribution in [0.1, 0.15) is 18.4 Å². The Morgan fingerprint density at radius 2 is 2.16 bits per heavy atom. The number of rotatable bonds is 8. The number of oxime groups is 1. The molecule has 0 radical (unpaired) electrons. The first kappa shape index (κ1) is 27.1. The van der Waals surface area contributed by atoms with Crippen LogP contribution in [0.4, 0.5) is 5.13 Å². The number of carbonyl (C=O) groups is 3. The number of aromatic amines is 1. The van der Waals surface area contributed by atoms with Gasteiger partial charge in [0, 0.05) is 22.6 Å². The van der Waals surface area contributed by atoms with Crippen LogP contribution < -0.4 is 22.2 Å². The average Bonchev–Trinajstić information content (AvgIpc) is 3.32. The number of aliphatic carboxylic acids is 1. The predicted molar refractivity (Wildman–Crippen MR) is 142 cm³/mol. The first-order valence-corrected chi connectivity index (χ1v) is 13.1. The molecule has 2 aromatic rings. The zero-order chi connectivity index (χ0) is 27.7. The number of β-lactam (4-membered cyclic amide) rings is 1. The van der Waals surface area contributed by atoms with Crippen LogP contribution >= 0.6 is 35.7 Å². The quantitative estimate of drug-likeness (QED) is 0.0843. The second-order valence-corrected chi connectivity index (χ2v) is 10.2. The molecule has 18 heteroatoms. The summed E-state index contributed by atoms with van der Waals surface area (Å²) in [4.78, 5) is 71.7. The molecule has 4 rings (SSSR count). The Morgan fingerprint density at radius 1 is 1.42 bits per heavy atom. The molecule has 0 spiro atoms. The van der Waals surface area contributed by atoms with E-state index in [2.05, 4.69) is 38.3 Å². The molecule has 200 valence electrons. The van der Waals surface area contributed by atoms with E-state index in [0.717, 1.165) is 20.8 Å². The molecule has 2 atom stereocenters. The number of hydrogen-bond acceptors (Lipinski definition) is 13. The van der Waals surface area contributed by atoms with Gasteiger partial charge in [0.15, 0.2) is 16.7 Å². The van der Waals surface area contributed by atoms with Crippen LogP contribution in [0.2, 0.25) is 0 Å². The number of carbonyl (C=O) groups excluding carboxylic acids is 2. The summed E-state index contributed by atoms with van der Waals surface area (Å²) in [5.74, 6) is -2.61. The number of amides is 2. The minimum absolute atomic E-state index is 0.0255. The number of aromatic nitrogens is 4. The minimum Gasteiger partial charge on any atom is -0.477 e. The van der Waals surface area contributed by atoms with Crippen molar-refractivity contribution in [2.24, 2.45) is 5.16 Å². The summed E-state index contributed by atoms with van der Waals surface area (Å²) in [5, 5.41) is 23.1. The third-order valence-corrected chi connectivity index (χ3v) is 7.77. The number of nitrogen functional groups attached to an aromatic ring is 1. The normalized spacial score (nSPS) is 19.7. The number of carboxylic acid groups (broad SMARTS) is 1. The van der Waals surface area contributed by atoms with Crippen molar-refractivity contribution in [3.63, 3.8) is 0 Å². The third-order valence-electron chi connectivity index (χ3n) is 5.46. The molecule has 2 aliphatic heterocycles. The molecule has 15 nitrogen and oxygen atoms in total. The topological polar surface area (TPSA) is 215 Å². The van der Waals surface area contributed by atoms with E-state index in [1.54, 1.807) is 6.92 Å². The third kappa shape index (κ3) is 4.84. The standard InChI is InChI=1S/C20H20N8O7S3/c1-3-27-13(24-25-15(30)17(27)32)9(36)4-7-5-37-18-11(16(31)28(18)12(7)19(33)34)23-14(29)10(26-35-2)8-6-38-20(21)22-8/h4,6,11,18,36H,3,5H2,1-2H3,(H2,21,22)(H,23,29)(H,25,30)(H,33,34). The van der Waals surface area contributed by atoms with Crippen LogP contribution in [0, 0.1) is 0 Å². The second-order valence-electron chi connectivity index (χ2n) is 7.69. The number of fused-ring (bicyclic) bond motifs is 1. The minimum atomic E-state index is -1.37. The van der Waals surface area contributed by atoms with Crippen LogP contribution in [0.5, 0.6) is 0 Å². The number of allylic oxidation sites excluding steroid dienone is 1. The molecule has 2 aromatic heterocycles. The summed E-state index contributed by atoms with van der Waals surface area (Å²) < 4.78 is 1.09. The van der Waals surface area contributed by atoms with E-state index in [-0.39, 0.29) is 50.8 Å². The Hall–Kier alpha value is -3.90. The number of thiol groups is 1. The van der Waals surface area contributed by atoms with Gasteiger partial charge in [0.25, 0.3) is 11.8 Å². The number of anilines is 1. The van der Waals surface area contributed by atoms with Crippen LogP contribution in [-0.4, -0.2) is 77.5 Å². The fourth-order valence-electron chi connectivity index (χ4n) is 3.80. The number of nitrogens with one attached hydrogen (secondary N) is 2. The summed E-state index contributed by atoms with van der Waals surface area (Å²) in [6.45, 7) is 1.76. The van der Waals surface area contributed by atoms with Crippen molar-refractivity contribution in [1.82, 2.24) is 30.0 Å². The van der Waals surface area contributed by atoms with Crippen molar-refractivity contribution >= 4 is 69.3 Å². The number of nitrogens with two attached hydrogens (primary N) is 1. The number of hydrogen-bond donors (Lipinski definition) is 5. The maximum Gasteiger partial charge on any atom is 0.352 e. The van der Waals surface area contributed by atoms with Crippen molar-refractivity contribution in [2.45, 2.75) is 24.9 Å². The highest BCUT2D eigenvalue weighted by atomic mass is 32.2. The summed E-state index contributed by atoms with van der Waals surface area (Å²) in [6.07, 6.45) is 1.37. The van der Waals surface area contributed by atoms with E-state index >= 15 is 0 Å². The Labute approximate surface area is 226 Å². The summed E-state index contributed by atoms with van der Waals surface area (Å²) >= 11 is 6.66. The summed E-state index contributed by atoms with van der Waals surface area (Å²) in [5.41, 5.74) is 3.77. The van der Waals surface area contributed by atoms with E-state index in [4.69, 9.17) is 10.6 Å². The number of thioether (sulfide) groups is 1. The lowest BCUT2D eigenvalue weighted by Gasteiger charge is -2.49. The zero-order valence-electron chi connectivity index (χ0n) is 19.7. The highest BCUT2D eigenvalue weighted by Gasteiger charge is 2.54. The van der Waals surface area contributed by atoms with Crippen LogP contribution in [0.25, 0.3) is 4.91 Å². The lowest BCUT2D eigenvalue weighted by Crippen LogP contribution is -2.71. The van der Waals surface area contributed by atoms with E-state index in [0.29, 0.717) is 0 Å². The highest BCUT2D eigenvalue weighted by molar-refractivity contribution is 8.00. The van der Waals surface area contributed by atoms with E-state index in [1.165, 1.54) is 30.3 Å². The molecule has 38 heavy (non-hydrogen) atoms. The monoisotopic (exact) mass is 580 g/mol. The van der Waals surface area contributed by atoms with Crippen molar-refractivity contribution in [1.29, 1.82) is 0 Å². The fourth-order valence-corrected chi connectivity index (χ4v) is 5.98. The van der Waals surface area contributed by atoms with Crippen molar-refractivity contribution in [2.75, 3.05) is 18.6 Å². The van der Waals surface area contributed by atoms with Gasteiger partial charge < -0.3 is 21.0 Å². The molecule has 0 bridgehead atoms. The second kappa shape index (κ2) is 10.8. The maximum atomic E-state index is 13.0. The summed E-state index contributed by atoms with van der Waals surface area (Å²) in [6, 6.07) is -1.04. The molecule has 2 amide bonds. The molecule has 2 unspecified atom stereocenters. The number of thiazole rings is 1. The molecule has 0 aromatic carbocycles. The molecule has 1 saturated heterocycles. The molecular formula is C20H20N8O7S3. The molecule has 0 aliphatic carbocycles. The maximum absolute atomic E-state index is 13.0. The van der Waals surface area contributed by atoms with Gasteiger partial charge in [0.1, 0.15) is 29.9 Å². The Bertz CT molecular complexity index is 1540. The largest absolute Gasteiger partial charge is 0.477 e. The van der Waals surface area contributed by atoms with Crippen molar-refractivity contribution in [3.8, 4) is 0 Å². The van der Waals surface area contributed by atoms with Gasteiger partial charge in [-0.15, -0.1) is 35.7 Å². The molecule has 5 N–H and O–H groups in total. The number of H-pyrrole nitrogens is 1. The SMILES string of the molecule is CCn1c(C(S)=CC2=C(C(=O)O)N3C(=O)C(NC(=O)C(=NOC)c4csc(N)n4)C3SC2)n[nH]c(=O)c1=O. The predicted octanol–water partition coefficient (Wildman–Crippen LogP) is -0.950. The number of nitrogens with zero attached hydrogens (tertiary/aromatic N) is 5. The van der Waals surface area contributed by atoms with Gasteiger partial charge in [-0.25, -0.2) is 14.9 Å². The Morgan fingerprint density at radius 3 is 2.76 bits per heavy atom. The van der Waals surface area contributed by atoms with Crippen molar-refractivity contribution in [3.05, 3.63) is 55.0 Å². The molecule has 2 aliphatic rings. The Kier molecular flexibility index (Phi) is 7.74. The molecule has 4 heterocycles. The van der Waals surface area contributed by atoms with Crippen LogP contribution in [0.3, 0.4) is 0 Å². The van der Waals surface area contributed by atoms with E-state index in [1.807, 2.05) is 0 Å². The van der Waals surface area contributed by atoms with Crippen LogP contribution in [0.15, 0.2) is 37.5 Å². The summed E-state index contributed by atoms with van der Waals surface area (Å²) in [7, 11) is 1.24. The van der Waals surface area contributed by atoms with Gasteiger partial charge in [0.2, 0.25) is 0 Å². The van der Waals surface area contributed by atoms with Gasteiger partial charge >= 0.3 is 17.1 Å².